The van der Waals surface area contributed by atoms with Gasteiger partial charge < -0.3 is 15.8 Å². The molecule has 18 heavy (non-hydrogen) atoms. The van der Waals surface area contributed by atoms with E-state index in [1.807, 2.05) is 0 Å². The molecule has 0 saturated heterocycles. The molecule has 7 heteroatoms. The minimum Gasteiger partial charge on any atom is -0.398 e. The third-order valence-electron chi connectivity index (χ3n) is 2.05. The first kappa shape index (κ1) is 14.7. The summed E-state index contributed by atoms with van der Waals surface area (Å²) in [6.07, 6.45) is -2.51. The number of carbonyl (C=O) groups is 1. The molecule has 0 spiro atoms. The molecule has 3 N–H and O–H groups in total. The highest BCUT2D eigenvalue weighted by Gasteiger charge is 2.11. The standard InChI is InChI=1S/C11H13ClF2N2O2/c12-10-7(2-1-3-8(10)15)11(17)16-4-5-18-6-9(13)14/h1-3,9H,4-6,15H2,(H,16,17). The van der Waals surface area contributed by atoms with Crippen molar-refractivity contribution in [3.63, 3.8) is 0 Å². The molecule has 0 fully saturated rings. The maximum absolute atomic E-state index is 11.7. The molecule has 1 aromatic carbocycles. The lowest BCUT2D eigenvalue weighted by atomic mass is 10.2. The molecular weight excluding hydrogens is 266 g/mol. The summed E-state index contributed by atoms with van der Waals surface area (Å²) in [5.41, 5.74) is 6.09. The number of ether oxygens (including phenoxy) is 1. The number of benzene rings is 1. The summed E-state index contributed by atoms with van der Waals surface area (Å²) in [6, 6.07) is 4.70. The average molecular weight is 279 g/mol. The number of alkyl halides is 2. The quantitative estimate of drug-likeness (QED) is 0.617. The molecule has 1 amide bonds. The largest absolute Gasteiger partial charge is 0.398 e. The first-order valence-corrected chi connectivity index (χ1v) is 5.58. The van der Waals surface area contributed by atoms with Gasteiger partial charge in [0.2, 0.25) is 0 Å². The molecule has 0 atom stereocenters. The van der Waals surface area contributed by atoms with Gasteiger partial charge in [0.05, 0.1) is 22.9 Å². The zero-order valence-electron chi connectivity index (χ0n) is 9.46. The van der Waals surface area contributed by atoms with Crippen LogP contribution in [-0.4, -0.2) is 32.1 Å². The van der Waals surface area contributed by atoms with E-state index in [0.717, 1.165) is 0 Å². The molecule has 0 radical (unpaired) electrons. The molecule has 0 aromatic heterocycles. The molecule has 0 bridgehead atoms. The van der Waals surface area contributed by atoms with E-state index in [9.17, 15) is 13.6 Å². The maximum Gasteiger partial charge on any atom is 0.261 e. The number of carbonyl (C=O) groups excluding carboxylic acids is 1. The van der Waals surface area contributed by atoms with Gasteiger partial charge in [-0.3, -0.25) is 4.79 Å². The van der Waals surface area contributed by atoms with Crippen LogP contribution in [-0.2, 0) is 4.74 Å². The van der Waals surface area contributed by atoms with Gasteiger partial charge in [0.15, 0.2) is 0 Å². The van der Waals surface area contributed by atoms with E-state index in [1.54, 1.807) is 12.1 Å². The van der Waals surface area contributed by atoms with Crippen molar-refractivity contribution in [1.29, 1.82) is 0 Å². The zero-order valence-corrected chi connectivity index (χ0v) is 10.2. The fourth-order valence-corrected chi connectivity index (χ4v) is 1.44. The first-order valence-electron chi connectivity index (χ1n) is 5.20. The second-order valence-corrected chi connectivity index (χ2v) is 3.81. The van der Waals surface area contributed by atoms with Crippen LogP contribution in [0, 0.1) is 0 Å². The van der Waals surface area contributed by atoms with E-state index in [0.29, 0.717) is 5.69 Å². The van der Waals surface area contributed by atoms with Crippen LogP contribution in [0.2, 0.25) is 5.02 Å². The van der Waals surface area contributed by atoms with E-state index in [4.69, 9.17) is 17.3 Å². The molecular formula is C11H13ClF2N2O2. The number of rotatable bonds is 6. The topological polar surface area (TPSA) is 64.4 Å². The van der Waals surface area contributed by atoms with E-state index >= 15 is 0 Å². The highest BCUT2D eigenvalue weighted by atomic mass is 35.5. The van der Waals surface area contributed by atoms with Crippen LogP contribution in [0.25, 0.3) is 0 Å². The molecule has 0 heterocycles. The Morgan fingerprint density at radius 3 is 2.89 bits per heavy atom. The third kappa shape index (κ3) is 4.46. The molecule has 0 aliphatic heterocycles. The summed E-state index contributed by atoms with van der Waals surface area (Å²) in [4.78, 5) is 11.7. The monoisotopic (exact) mass is 278 g/mol. The van der Waals surface area contributed by atoms with Gasteiger partial charge in [-0.05, 0) is 12.1 Å². The Bertz CT molecular complexity index is 416. The van der Waals surface area contributed by atoms with Crippen molar-refractivity contribution in [3.8, 4) is 0 Å². The van der Waals surface area contributed by atoms with Gasteiger partial charge in [-0.25, -0.2) is 8.78 Å². The van der Waals surface area contributed by atoms with E-state index in [1.165, 1.54) is 6.07 Å². The van der Waals surface area contributed by atoms with Crippen LogP contribution in [0.3, 0.4) is 0 Å². The van der Waals surface area contributed by atoms with Crippen molar-refractivity contribution < 1.29 is 18.3 Å². The number of amides is 1. The van der Waals surface area contributed by atoms with Crippen LogP contribution in [0.15, 0.2) is 18.2 Å². The van der Waals surface area contributed by atoms with E-state index in [2.05, 4.69) is 10.1 Å². The van der Waals surface area contributed by atoms with Crippen LogP contribution < -0.4 is 11.1 Å². The van der Waals surface area contributed by atoms with Gasteiger partial charge in [-0.1, -0.05) is 17.7 Å². The minimum atomic E-state index is -2.51. The number of nitrogens with one attached hydrogen (secondary N) is 1. The Hall–Kier alpha value is -1.40. The number of nitrogens with two attached hydrogens (primary N) is 1. The Kier molecular flexibility index (Phi) is 5.80. The lowest BCUT2D eigenvalue weighted by Gasteiger charge is -2.08. The first-order chi connectivity index (χ1) is 8.52. The molecule has 0 saturated carbocycles. The van der Waals surface area contributed by atoms with Crippen molar-refractivity contribution in [2.24, 2.45) is 0 Å². The van der Waals surface area contributed by atoms with E-state index < -0.39 is 18.9 Å². The number of nitrogen functional groups attached to an aromatic ring is 1. The maximum atomic E-state index is 11.7. The molecule has 1 aromatic rings. The van der Waals surface area contributed by atoms with Crippen molar-refractivity contribution in [1.82, 2.24) is 5.32 Å². The van der Waals surface area contributed by atoms with Crippen molar-refractivity contribution >= 4 is 23.2 Å². The van der Waals surface area contributed by atoms with Crippen molar-refractivity contribution in [2.75, 3.05) is 25.5 Å². The normalized spacial score (nSPS) is 10.7. The predicted octanol–water partition coefficient (Wildman–Crippen LogP) is 1.93. The van der Waals surface area contributed by atoms with Crippen LogP contribution in [0.4, 0.5) is 14.5 Å². The summed E-state index contributed by atoms with van der Waals surface area (Å²) < 4.78 is 28.1. The second kappa shape index (κ2) is 7.13. The molecule has 0 unspecified atom stereocenters. The number of hydrogen-bond acceptors (Lipinski definition) is 3. The SMILES string of the molecule is Nc1cccc(C(=O)NCCOCC(F)F)c1Cl. The molecule has 0 aliphatic rings. The predicted molar refractivity (Wildman–Crippen MR) is 65.0 cm³/mol. The lowest BCUT2D eigenvalue weighted by Crippen LogP contribution is -2.28. The van der Waals surface area contributed by atoms with Crippen LogP contribution in [0.5, 0.6) is 0 Å². The fraction of sp³-hybridized carbons (Fsp3) is 0.364. The van der Waals surface area contributed by atoms with Gasteiger partial charge in [0.1, 0.15) is 6.61 Å². The minimum absolute atomic E-state index is 0.00994. The zero-order chi connectivity index (χ0) is 13.5. The fourth-order valence-electron chi connectivity index (χ4n) is 1.23. The summed E-state index contributed by atoms with van der Waals surface area (Å²) in [6.45, 7) is -0.512. The summed E-state index contributed by atoms with van der Waals surface area (Å²) in [5, 5.41) is 2.66. The van der Waals surface area contributed by atoms with Crippen LogP contribution >= 0.6 is 11.6 Å². The number of hydrogen-bond donors (Lipinski definition) is 2. The number of halogens is 3. The smallest absolute Gasteiger partial charge is 0.261 e. The van der Waals surface area contributed by atoms with Crippen LogP contribution in [0.1, 0.15) is 10.4 Å². The van der Waals surface area contributed by atoms with Gasteiger partial charge in [0, 0.05) is 6.54 Å². The molecule has 4 nitrogen and oxygen atoms in total. The second-order valence-electron chi connectivity index (χ2n) is 3.43. The van der Waals surface area contributed by atoms with Gasteiger partial charge in [0.25, 0.3) is 12.3 Å². The molecule has 100 valence electrons. The summed E-state index contributed by atoms with van der Waals surface area (Å²) in [5.74, 6) is -0.423. The lowest BCUT2D eigenvalue weighted by molar-refractivity contribution is 0.0188. The highest BCUT2D eigenvalue weighted by Crippen LogP contribution is 2.22. The van der Waals surface area contributed by atoms with Crippen molar-refractivity contribution in [3.05, 3.63) is 28.8 Å². The van der Waals surface area contributed by atoms with Gasteiger partial charge >= 0.3 is 0 Å². The Morgan fingerprint density at radius 2 is 2.22 bits per heavy atom. The van der Waals surface area contributed by atoms with Crippen molar-refractivity contribution in [2.45, 2.75) is 6.43 Å². The highest BCUT2D eigenvalue weighted by molar-refractivity contribution is 6.36. The summed E-state index contributed by atoms with van der Waals surface area (Å²) in [7, 11) is 0. The van der Waals surface area contributed by atoms with E-state index in [-0.39, 0.29) is 23.7 Å². The Morgan fingerprint density at radius 1 is 1.50 bits per heavy atom. The third-order valence-corrected chi connectivity index (χ3v) is 2.47. The molecule has 0 aliphatic carbocycles. The van der Waals surface area contributed by atoms with Gasteiger partial charge in [-0.2, -0.15) is 0 Å². The average Bonchev–Trinajstić information content (AvgIpc) is 2.31. The summed E-state index contributed by atoms with van der Waals surface area (Å²) >= 11 is 5.85. The Labute approximate surface area is 108 Å². The number of anilines is 1. The molecule has 1 rings (SSSR count). The Balaban J connectivity index is 2.39. The van der Waals surface area contributed by atoms with Gasteiger partial charge in [-0.15, -0.1) is 0 Å².